The molecule has 0 amide bonds. The monoisotopic (exact) mass is 538 g/mol. The van der Waals surface area contributed by atoms with Crippen molar-refractivity contribution >= 4 is 5.97 Å². The van der Waals surface area contributed by atoms with Crippen molar-refractivity contribution in [3.05, 3.63) is 144 Å². The van der Waals surface area contributed by atoms with Crippen LogP contribution in [0.2, 0.25) is 0 Å². The van der Waals surface area contributed by atoms with Gasteiger partial charge < -0.3 is 19.3 Å². The highest BCUT2D eigenvalue weighted by atomic mass is 16.6. The number of carboxylic acids is 1. The Kier molecular flexibility index (Phi) is 11.5. The number of hydrogen-bond donors (Lipinski definition) is 1. The fourth-order valence-corrected chi connectivity index (χ4v) is 4.76. The van der Waals surface area contributed by atoms with E-state index in [1.165, 1.54) is 0 Å². The summed E-state index contributed by atoms with van der Waals surface area (Å²) in [7, 11) is 0. The van der Waals surface area contributed by atoms with E-state index >= 15 is 0 Å². The third kappa shape index (κ3) is 9.16. The first-order chi connectivity index (χ1) is 19.6. The van der Waals surface area contributed by atoms with Gasteiger partial charge in [0.15, 0.2) is 0 Å². The number of hydrogen-bond acceptors (Lipinski definition) is 4. The molecule has 4 rings (SSSR count). The third-order valence-electron chi connectivity index (χ3n) is 6.87. The van der Waals surface area contributed by atoms with Gasteiger partial charge in [0.2, 0.25) is 0 Å². The minimum Gasteiger partial charge on any atom is -0.481 e. The molecule has 1 saturated heterocycles. The first kappa shape index (κ1) is 29.2. The van der Waals surface area contributed by atoms with Crippen molar-refractivity contribution < 1.29 is 24.1 Å². The third-order valence-corrected chi connectivity index (χ3v) is 6.87. The van der Waals surface area contributed by atoms with Crippen LogP contribution in [0, 0.1) is 0 Å². The first-order valence-electron chi connectivity index (χ1n) is 13.9. The summed E-state index contributed by atoms with van der Waals surface area (Å²) < 4.78 is 19.8. The Labute approximate surface area is 237 Å². The summed E-state index contributed by atoms with van der Waals surface area (Å²) in [5.74, 6) is -0.879. The first-order valence-corrected chi connectivity index (χ1v) is 13.9. The van der Waals surface area contributed by atoms with Gasteiger partial charge in [-0.15, -0.1) is 0 Å². The van der Waals surface area contributed by atoms with E-state index < -0.39 is 12.1 Å². The van der Waals surface area contributed by atoms with E-state index in [1.54, 1.807) is 0 Å². The zero-order chi connectivity index (χ0) is 28.0. The van der Waals surface area contributed by atoms with Crippen LogP contribution in [-0.2, 0) is 32.2 Å². The zero-order valence-electron chi connectivity index (χ0n) is 23.0. The highest BCUT2D eigenvalue weighted by molar-refractivity contribution is 5.71. The second kappa shape index (κ2) is 15.7. The van der Waals surface area contributed by atoms with Gasteiger partial charge in [-0.05, 0) is 28.7 Å². The zero-order valence-corrected chi connectivity index (χ0v) is 23.0. The summed E-state index contributed by atoms with van der Waals surface area (Å²) in [5, 5.41) is 9.44. The minimum absolute atomic E-state index is 0.00104. The molecule has 0 saturated carbocycles. The molecule has 4 atom stereocenters. The normalized spacial score (nSPS) is 23.1. The lowest BCUT2D eigenvalue weighted by atomic mass is 9.90. The highest BCUT2D eigenvalue weighted by Crippen LogP contribution is 2.33. The molecule has 1 N–H and O–H groups in total. The molecular formula is C35H38O5. The summed E-state index contributed by atoms with van der Waals surface area (Å²) in [5.41, 5.74) is 3.77. The molecule has 1 aliphatic heterocycles. The Balaban J connectivity index is 1.69. The summed E-state index contributed by atoms with van der Waals surface area (Å²) in [6.07, 6.45) is 19.7. The highest BCUT2D eigenvalue weighted by Gasteiger charge is 2.41. The molecule has 5 nitrogen and oxygen atoms in total. The van der Waals surface area contributed by atoms with E-state index in [0.29, 0.717) is 18.8 Å². The van der Waals surface area contributed by atoms with Crippen LogP contribution in [0.25, 0.3) is 0 Å². The van der Waals surface area contributed by atoms with Gasteiger partial charge in [-0.3, -0.25) is 4.79 Å². The molecule has 0 spiro atoms. The lowest BCUT2D eigenvalue weighted by Gasteiger charge is -2.42. The molecule has 0 aromatic heterocycles. The summed E-state index contributed by atoms with van der Waals surface area (Å²) >= 11 is 0. The molecule has 40 heavy (non-hydrogen) atoms. The SMILES string of the molecule is CCC1CC(OCc2ccccc2)C(OCc2ccccc2)C(C2=CC=C(CC(=O)O)C=CC=CC=CC=C2)O1. The van der Waals surface area contributed by atoms with Crippen molar-refractivity contribution in [3.8, 4) is 0 Å². The molecule has 1 aliphatic carbocycles. The maximum atomic E-state index is 11.5. The molecule has 1 fully saturated rings. The summed E-state index contributed by atoms with van der Waals surface area (Å²) in [6, 6.07) is 20.3. The number of aliphatic carboxylic acids is 1. The van der Waals surface area contributed by atoms with E-state index in [9.17, 15) is 9.90 Å². The van der Waals surface area contributed by atoms with Gasteiger partial charge in [0.25, 0.3) is 0 Å². The molecule has 2 aliphatic rings. The van der Waals surface area contributed by atoms with Crippen LogP contribution in [0.4, 0.5) is 0 Å². The predicted molar refractivity (Wildman–Crippen MR) is 159 cm³/mol. The predicted octanol–water partition coefficient (Wildman–Crippen LogP) is 7.29. The van der Waals surface area contributed by atoms with E-state index in [-0.39, 0.29) is 24.7 Å². The second-order valence-electron chi connectivity index (χ2n) is 9.89. The molecule has 1 heterocycles. The molecule has 0 radical (unpaired) electrons. The van der Waals surface area contributed by atoms with Crippen LogP contribution >= 0.6 is 0 Å². The number of carbonyl (C=O) groups is 1. The van der Waals surface area contributed by atoms with Crippen molar-refractivity contribution in [3.63, 3.8) is 0 Å². The summed E-state index contributed by atoms with van der Waals surface area (Å²) in [4.78, 5) is 11.5. The maximum Gasteiger partial charge on any atom is 0.307 e. The van der Waals surface area contributed by atoms with E-state index in [0.717, 1.165) is 29.5 Å². The fourth-order valence-electron chi connectivity index (χ4n) is 4.76. The smallest absolute Gasteiger partial charge is 0.307 e. The number of ether oxygens (including phenoxy) is 3. The lowest BCUT2D eigenvalue weighted by Crippen LogP contribution is -2.51. The fraction of sp³-hybridized carbons (Fsp3) is 0.286. The van der Waals surface area contributed by atoms with Gasteiger partial charge in [-0.2, -0.15) is 0 Å². The van der Waals surface area contributed by atoms with Crippen LogP contribution < -0.4 is 0 Å². The average molecular weight is 539 g/mol. The summed E-state index contributed by atoms with van der Waals surface area (Å²) in [6.45, 7) is 3.03. The van der Waals surface area contributed by atoms with Gasteiger partial charge in [-0.1, -0.05) is 128 Å². The Hall–Kier alpha value is -3.77. The number of carboxylic acid groups (broad SMARTS) is 1. The molecule has 2 aromatic carbocycles. The molecule has 208 valence electrons. The Bertz CT molecular complexity index is 1250. The van der Waals surface area contributed by atoms with E-state index in [2.05, 4.69) is 19.1 Å². The molecule has 5 heteroatoms. The minimum atomic E-state index is -0.879. The number of benzene rings is 2. The van der Waals surface area contributed by atoms with Crippen LogP contribution in [-0.4, -0.2) is 35.5 Å². The molecular weight excluding hydrogens is 500 g/mol. The maximum absolute atomic E-state index is 11.5. The van der Waals surface area contributed by atoms with Gasteiger partial charge in [-0.25, -0.2) is 0 Å². The second-order valence-corrected chi connectivity index (χ2v) is 9.89. The topological polar surface area (TPSA) is 65.0 Å². The Morgan fingerprint density at radius 1 is 0.825 bits per heavy atom. The van der Waals surface area contributed by atoms with Crippen molar-refractivity contribution in [2.75, 3.05) is 0 Å². The van der Waals surface area contributed by atoms with Gasteiger partial charge in [0, 0.05) is 6.42 Å². The van der Waals surface area contributed by atoms with E-state index in [4.69, 9.17) is 14.2 Å². The molecule has 4 unspecified atom stereocenters. The quantitative estimate of drug-likeness (QED) is 0.344. The van der Waals surface area contributed by atoms with Gasteiger partial charge in [0.1, 0.15) is 12.2 Å². The standard InChI is InChI=1S/C35H38O5/c1-2-31-24-32(38-25-28-16-10-7-11-17-28)35(39-26-29-18-12-8-13-19-29)34(40-31)30-20-14-6-4-3-5-9-15-27(21-22-30)23-33(36)37/h3-22,31-32,34-35H,2,23-26H2,1H3,(H,36,37). The van der Waals surface area contributed by atoms with Crippen LogP contribution in [0.15, 0.2) is 133 Å². The van der Waals surface area contributed by atoms with Crippen LogP contribution in [0.3, 0.4) is 0 Å². The molecule has 2 aromatic rings. The number of rotatable bonds is 10. The number of allylic oxidation sites excluding steroid dienone is 9. The van der Waals surface area contributed by atoms with Crippen LogP contribution in [0.1, 0.15) is 37.3 Å². The van der Waals surface area contributed by atoms with Crippen molar-refractivity contribution in [2.45, 2.75) is 63.8 Å². The lowest BCUT2D eigenvalue weighted by molar-refractivity contribution is -0.196. The van der Waals surface area contributed by atoms with Crippen molar-refractivity contribution in [2.24, 2.45) is 0 Å². The van der Waals surface area contributed by atoms with Gasteiger partial charge >= 0.3 is 5.97 Å². The van der Waals surface area contributed by atoms with Crippen molar-refractivity contribution in [1.82, 2.24) is 0 Å². The van der Waals surface area contributed by atoms with Gasteiger partial charge in [0.05, 0.1) is 31.8 Å². The Morgan fingerprint density at radius 2 is 1.43 bits per heavy atom. The van der Waals surface area contributed by atoms with Crippen LogP contribution in [0.5, 0.6) is 0 Å². The molecule has 0 bridgehead atoms. The average Bonchev–Trinajstić information content (AvgIpc) is 2.97. The Morgan fingerprint density at radius 3 is 2.05 bits per heavy atom. The van der Waals surface area contributed by atoms with E-state index in [1.807, 2.05) is 109 Å². The van der Waals surface area contributed by atoms with Crippen molar-refractivity contribution in [1.29, 1.82) is 0 Å². The largest absolute Gasteiger partial charge is 0.481 e.